The fraction of sp³-hybridized carbons (Fsp3) is 0.444. The second kappa shape index (κ2) is 10.5. The molecule has 0 N–H and O–H groups in total. The van der Waals surface area contributed by atoms with Gasteiger partial charge in [0.05, 0.1) is 26.9 Å². The molecule has 2 aromatic carbocycles. The molecule has 0 aromatic heterocycles. The Bertz CT molecular complexity index is 1140. The number of ether oxygens (including phenoxy) is 3. The zero-order chi connectivity index (χ0) is 26.0. The summed E-state index contributed by atoms with van der Waals surface area (Å²) in [6.45, 7) is 2.57. The molecule has 0 radical (unpaired) electrons. The topological polar surface area (TPSA) is 88.6 Å². The van der Waals surface area contributed by atoms with Crippen molar-refractivity contribution in [2.24, 2.45) is 0 Å². The molecule has 1 spiro atoms. The van der Waals surface area contributed by atoms with Crippen LogP contribution in [0.4, 0.5) is 4.39 Å². The van der Waals surface area contributed by atoms with Crippen LogP contribution in [0.15, 0.2) is 48.5 Å². The molecule has 0 saturated carbocycles. The molecule has 0 bridgehead atoms. The number of carbonyl (C=O) groups excluding carboxylic acids is 3. The van der Waals surface area contributed by atoms with Gasteiger partial charge in [-0.25, -0.2) is 4.39 Å². The summed E-state index contributed by atoms with van der Waals surface area (Å²) < 4.78 is 30.4. The number of piperidine rings is 1. The maximum atomic E-state index is 13.8. The Labute approximate surface area is 214 Å². The summed E-state index contributed by atoms with van der Waals surface area (Å²) in [7, 11) is 1.57. The molecule has 37 heavy (non-hydrogen) atoms. The highest BCUT2D eigenvalue weighted by Crippen LogP contribution is 2.39. The molecule has 5 rings (SSSR count). The third-order valence-electron chi connectivity index (χ3n) is 7.35. The minimum atomic E-state index is -1.03. The lowest BCUT2D eigenvalue weighted by Gasteiger charge is -2.45. The number of amides is 3. The van der Waals surface area contributed by atoms with Gasteiger partial charge in [-0.1, -0.05) is 0 Å². The summed E-state index contributed by atoms with van der Waals surface area (Å²) in [5.74, 6) is -0.478. The molecule has 2 aromatic rings. The quantitative estimate of drug-likeness (QED) is 0.625. The number of benzene rings is 2. The SMILES string of the molecule is COc1ccc(C(=O)N2CCC3(CC2)OCC(C(=O)N2CCOCC2)N3C(=O)c2ccc(F)cc2)cc1. The number of likely N-dealkylation sites (tertiary alicyclic amines) is 1. The van der Waals surface area contributed by atoms with Crippen molar-refractivity contribution in [3.05, 3.63) is 65.5 Å². The fourth-order valence-corrected chi connectivity index (χ4v) is 5.26. The summed E-state index contributed by atoms with van der Waals surface area (Å²) >= 11 is 0. The Balaban J connectivity index is 1.37. The van der Waals surface area contributed by atoms with Crippen LogP contribution in [-0.4, -0.2) is 97.3 Å². The Morgan fingerprint density at radius 2 is 1.46 bits per heavy atom. The highest BCUT2D eigenvalue weighted by molar-refractivity contribution is 5.98. The molecule has 3 amide bonds. The molecule has 1 atom stereocenters. The number of morpholine rings is 1. The van der Waals surface area contributed by atoms with E-state index < -0.39 is 17.6 Å². The monoisotopic (exact) mass is 511 g/mol. The number of nitrogens with zero attached hydrogens (tertiary/aromatic N) is 3. The molecular formula is C27H30FN3O6. The van der Waals surface area contributed by atoms with Gasteiger partial charge in [0, 0.05) is 50.1 Å². The molecule has 3 fully saturated rings. The second-order valence-corrected chi connectivity index (χ2v) is 9.41. The maximum Gasteiger partial charge on any atom is 0.256 e. The summed E-state index contributed by atoms with van der Waals surface area (Å²) in [5, 5.41) is 0. The van der Waals surface area contributed by atoms with Gasteiger partial charge in [-0.15, -0.1) is 0 Å². The largest absolute Gasteiger partial charge is 0.497 e. The first-order valence-electron chi connectivity index (χ1n) is 12.4. The van der Waals surface area contributed by atoms with E-state index in [4.69, 9.17) is 14.2 Å². The lowest BCUT2D eigenvalue weighted by Crippen LogP contribution is -2.60. The van der Waals surface area contributed by atoms with E-state index in [1.807, 2.05) is 0 Å². The Kier molecular flexibility index (Phi) is 7.12. The Hall–Kier alpha value is -3.50. The summed E-state index contributed by atoms with van der Waals surface area (Å²) in [6, 6.07) is 11.4. The van der Waals surface area contributed by atoms with E-state index in [2.05, 4.69) is 0 Å². The highest BCUT2D eigenvalue weighted by Gasteiger charge is 2.55. The van der Waals surface area contributed by atoms with Crippen molar-refractivity contribution in [1.29, 1.82) is 0 Å². The first-order chi connectivity index (χ1) is 17.9. The maximum absolute atomic E-state index is 13.8. The van der Waals surface area contributed by atoms with E-state index in [1.54, 1.807) is 41.2 Å². The smallest absolute Gasteiger partial charge is 0.256 e. The zero-order valence-corrected chi connectivity index (χ0v) is 20.7. The Morgan fingerprint density at radius 1 is 0.865 bits per heavy atom. The van der Waals surface area contributed by atoms with Crippen LogP contribution < -0.4 is 4.74 Å². The van der Waals surface area contributed by atoms with Crippen LogP contribution in [0.5, 0.6) is 5.75 Å². The number of hydrogen-bond donors (Lipinski definition) is 0. The van der Waals surface area contributed by atoms with Crippen molar-refractivity contribution in [2.45, 2.75) is 24.6 Å². The van der Waals surface area contributed by atoms with E-state index in [1.165, 1.54) is 29.2 Å². The number of rotatable bonds is 4. The minimum absolute atomic E-state index is 0.0650. The molecule has 3 heterocycles. The predicted molar refractivity (Wildman–Crippen MR) is 131 cm³/mol. The third-order valence-corrected chi connectivity index (χ3v) is 7.35. The van der Waals surface area contributed by atoms with E-state index in [9.17, 15) is 18.8 Å². The van der Waals surface area contributed by atoms with Crippen molar-refractivity contribution >= 4 is 17.7 Å². The predicted octanol–water partition coefficient (Wildman–Crippen LogP) is 2.17. The van der Waals surface area contributed by atoms with Gasteiger partial charge >= 0.3 is 0 Å². The van der Waals surface area contributed by atoms with Crippen molar-refractivity contribution in [3.8, 4) is 5.75 Å². The van der Waals surface area contributed by atoms with Gasteiger partial charge in [0.2, 0.25) is 5.91 Å². The highest BCUT2D eigenvalue weighted by atomic mass is 19.1. The van der Waals surface area contributed by atoms with Gasteiger partial charge in [-0.2, -0.15) is 0 Å². The summed E-state index contributed by atoms with van der Waals surface area (Å²) in [5.41, 5.74) is -0.208. The standard InChI is InChI=1S/C27H30FN3O6/c1-35-22-8-4-19(5-9-22)24(32)29-12-10-27(11-13-29)31(25(33)20-2-6-21(28)7-3-20)23(18-37-27)26(34)30-14-16-36-17-15-30/h2-9,23H,10-18H2,1H3. The van der Waals surface area contributed by atoms with Gasteiger partial charge in [0.25, 0.3) is 11.8 Å². The molecule has 1 unspecified atom stereocenters. The average molecular weight is 512 g/mol. The molecule has 196 valence electrons. The lowest BCUT2D eigenvalue weighted by molar-refractivity contribution is -0.141. The van der Waals surface area contributed by atoms with Crippen molar-refractivity contribution < 1.29 is 33.0 Å². The number of halogens is 1. The second-order valence-electron chi connectivity index (χ2n) is 9.41. The molecule has 10 heteroatoms. The van der Waals surface area contributed by atoms with Crippen molar-refractivity contribution in [1.82, 2.24) is 14.7 Å². The molecule has 3 saturated heterocycles. The average Bonchev–Trinajstić information content (AvgIpc) is 3.31. The van der Waals surface area contributed by atoms with Crippen LogP contribution in [0.3, 0.4) is 0 Å². The lowest BCUT2D eigenvalue weighted by atomic mass is 9.96. The zero-order valence-electron chi connectivity index (χ0n) is 20.7. The van der Waals surface area contributed by atoms with Crippen LogP contribution in [0.25, 0.3) is 0 Å². The van der Waals surface area contributed by atoms with Crippen LogP contribution in [-0.2, 0) is 14.3 Å². The van der Waals surface area contributed by atoms with Crippen molar-refractivity contribution in [2.75, 3.05) is 53.1 Å². The molecule has 9 nitrogen and oxygen atoms in total. The van der Waals surface area contributed by atoms with Crippen LogP contribution in [0, 0.1) is 5.82 Å². The van der Waals surface area contributed by atoms with Crippen LogP contribution in [0.1, 0.15) is 33.6 Å². The number of carbonyl (C=O) groups is 3. The fourth-order valence-electron chi connectivity index (χ4n) is 5.26. The van der Waals surface area contributed by atoms with Gasteiger partial charge in [0.1, 0.15) is 23.3 Å². The van der Waals surface area contributed by atoms with Crippen molar-refractivity contribution in [3.63, 3.8) is 0 Å². The first-order valence-corrected chi connectivity index (χ1v) is 12.4. The Morgan fingerprint density at radius 3 is 2.08 bits per heavy atom. The van der Waals surface area contributed by atoms with Crippen LogP contribution in [0.2, 0.25) is 0 Å². The third kappa shape index (κ3) is 4.91. The number of methoxy groups -OCH3 is 1. The molecule has 0 aliphatic carbocycles. The number of hydrogen-bond acceptors (Lipinski definition) is 6. The normalized spacial score (nSPS) is 21.2. The van der Waals surface area contributed by atoms with Crippen LogP contribution >= 0.6 is 0 Å². The van der Waals surface area contributed by atoms with Gasteiger partial charge in [-0.3, -0.25) is 19.3 Å². The minimum Gasteiger partial charge on any atom is -0.497 e. The summed E-state index contributed by atoms with van der Waals surface area (Å²) in [4.78, 5) is 45.3. The van der Waals surface area contributed by atoms with E-state index in [-0.39, 0.29) is 29.9 Å². The molecular weight excluding hydrogens is 481 g/mol. The van der Waals surface area contributed by atoms with E-state index in [0.29, 0.717) is 63.5 Å². The molecule has 3 aliphatic heterocycles. The first kappa shape index (κ1) is 25.2. The molecule has 3 aliphatic rings. The van der Waals surface area contributed by atoms with E-state index in [0.717, 1.165) is 0 Å². The summed E-state index contributed by atoms with van der Waals surface area (Å²) in [6.07, 6.45) is 0.712. The van der Waals surface area contributed by atoms with Gasteiger partial charge in [0.15, 0.2) is 0 Å². The van der Waals surface area contributed by atoms with E-state index >= 15 is 0 Å². The van der Waals surface area contributed by atoms with Gasteiger partial charge in [-0.05, 0) is 48.5 Å². The van der Waals surface area contributed by atoms with Gasteiger partial charge < -0.3 is 24.0 Å².